The topological polar surface area (TPSA) is 106 Å². The Morgan fingerprint density at radius 1 is 1.22 bits per heavy atom. The summed E-state index contributed by atoms with van der Waals surface area (Å²) >= 11 is 1.04. The molecular weight excluding hydrogens is 432 g/mol. The van der Waals surface area contributed by atoms with Crippen LogP contribution < -0.4 is 4.90 Å². The summed E-state index contributed by atoms with van der Waals surface area (Å²) in [4.78, 5) is 45.5. The molecule has 1 N–H and O–H groups in total. The third kappa shape index (κ3) is 3.10. The number of aromatic hydroxyl groups is 1. The van der Waals surface area contributed by atoms with Crippen LogP contribution in [0.2, 0.25) is 0 Å². The Morgan fingerprint density at radius 3 is 2.66 bits per heavy atom. The van der Waals surface area contributed by atoms with E-state index in [1.165, 1.54) is 24.1 Å². The number of phenols is 1. The number of hydrogen-bond acceptors (Lipinski definition) is 8. The summed E-state index contributed by atoms with van der Waals surface area (Å²) in [5.41, 5.74) is 1.43. The molecule has 0 radical (unpaired) electrons. The molecule has 166 valence electrons. The standard InChI is InChI=1S/C23H22N2O6S/c1-11-20(22(29)30-2)32-23(24-11)25-17(12-7-9-13(26)10-8-12)16-18(27)14-5-3-4-6-15(14)31-19(16)21(25)28/h7-10,14-15,17,26H,3-6H2,1-2H3. The smallest absolute Gasteiger partial charge is 0.350 e. The number of carbonyl (C=O) groups is 3. The fraction of sp³-hybridized carbons (Fsp3) is 0.391. The highest BCUT2D eigenvalue weighted by atomic mass is 32.1. The number of aryl methyl sites for hydroxylation is 1. The zero-order chi connectivity index (χ0) is 22.6. The number of amides is 1. The molecule has 0 saturated heterocycles. The maximum Gasteiger partial charge on any atom is 0.350 e. The van der Waals surface area contributed by atoms with Crippen LogP contribution in [0, 0.1) is 12.8 Å². The van der Waals surface area contributed by atoms with Crippen molar-refractivity contribution in [1.29, 1.82) is 0 Å². The first-order valence-corrected chi connectivity index (χ1v) is 11.4. The summed E-state index contributed by atoms with van der Waals surface area (Å²) in [6, 6.07) is 5.64. The van der Waals surface area contributed by atoms with Gasteiger partial charge >= 0.3 is 5.97 Å². The maximum atomic E-state index is 13.6. The van der Waals surface area contributed by atoms with Gasteiger partial charge in [0.25, 0.3) is 5.91 Å². The van der Waals surface area contributed by atoms with E-state index in [1.807, 2.05) is 0 Å². The van der Waals surface area contributed by atoms with Crippen LogP contribution in [0.1, 0.15) is 52.7 Å². The number of carbonyl (C=O) groups excluding carboxylic acids is 3. The van der Waals surface area contributed by atoms with Crippen molar-refractivity contribution in [1.82, 2.24) is 4.98 Å². The summed E-state index contributed by atoms with van der Waals surface area (Å²) < 4.78 is 11.0. The monoisotopic (exact) mass is 454 g/mol. The number of thiazole rings is 1. The SMILES string of the molecule is COC(=O)c1sc(N2C(=O)C3=C(C(=O)C4CCCCC4O3)C2c2ccc(O)cc2)nc1C. The lowest BCUT2D eigenvalue weighted by Gasteiger charge is -2.35. The van der Waals surface area contributed by atoms with E-state index < -0.39 is 17.9 Å². The number of phenolic OH excluding ortho intramolecular Hbond substituents is 1. The van der Waals surface area contributed by atoms with Gasteiger partial charge in [0.1, 0.15) is 16.7 Å². The highest BCUT2D eigenvalue weighted by Gasteiger charge is 2.53. The molecule has 3 heterocycles. The lowest BCUT2D eigenvalue weighted by molar-refractivity contribution is -0.131. The molecule has 1 amide bonds. The van der Waals surface area contributed by atoms with E-state index in [4.69, 9.17) is 9.47 Å². The van der Waals surface area contributed by atoms with Crippen molar-refractivity contribution in [3.05, 3.63) is 51.7 Å². The summed E-state index contributed by atoms with van der Waals surface area (Å²) in [5.74, 6) is -1.15. The van der Waals surface area contributed by atoms with Gasteiger partial charge in [0.05, 0.1) is 30.3 Å². The number of esters is 1. The number of anilines is 1. The first-order valence-electron chi connectivity index (χ1n) is 10.5. The summed E-state index contributed by atoms with van der Waals surface area (Å²) in [7, 11) is 1.29. The molecule has 5 rings (SSSR count). The Labute approximate surface area is 188 Å². The first kappa shape index (κ1) is 20.7. The van der Waals surface area contributed by atoms with E-state index in [-0.39, 0.29) is 29.3 Å². The lowest BCUT2D eigenvalue weighted by Crippen LogP contribution is -2.39. The average molecular weight is 455 g/mol. The van der Waals surface area contributed by atoms with E-state index in [0.717, 1.165) is 37.0 Å². The summed E-state index contributed by atoms with van der Waals surface area (Å²) in [6.45, 7) is 1.67. The van der Waals surface area contributed by atoms with Crippen LogP contribution in [0.3, 0.4) is 0 Å². The number of fused-ring (bicyclic) bond motifs is 1. The third-order valence-electron chi connectivity index (χ3n) is 6.33. The van der Waals surface area contributed by atoms with Crippen molar-refractivity contribution in [2.24, 2.45) is 5.92 Å². The summed E-state index contributed by atoms with van der Waals surface area (Å²) in [5, 5.41) is 10.0. The molecule has 2 aromatic rings. The Bertz CT molecular complexity index is 1150. The van der Waals surface area contributed by atoms with Gasteiger partial charge in [-0.15, -0.1) is 0 Å². The Balaban J connectivity index is 1.64. The van der Waals surface area contributed by atoms with Gasteiger partial charge < -0.3 is 14.6 Å². The number of aromatic nitrogens is 1. The molecule has 1 aromatic heterocycles. The van der Waals surface area contributed by atoms with Crippen LogP contribution in [0.4, 0.5) is 5.13 Å². The minimum Gasteiger partial charge on any atom is -0.508 e. The van der Waals surface area contributed by atoms with Gasteiger partial charge in [0.15, 0.2) is 16.7 Å². The van der Waals surface area contributed by atoms with Crippen molar-refractivity contribution in [3.63, 3.8) is 0 Å². The molecule has 1 aromatic carbocycles. The number of methoxy groups -OCH3 is 1. The fourth-order valence-corrected chi connectivity index (χ4v) is 5.79. The molecule has 1 aliphatic carbocycles. The molecule has 3 unspecified atom stereocenters. The molecule has 8 nitrogen and oxygen atoms in total. The average Bonchev–Trinajstić information content (AvgIpc) is 3.31. The van der Waals surface area contributed by atoms with Gasteiger partial charge in [0.2, 0.25) is 0 Å². The number of rotatable bonds is 3. The largest absolute Gasteiger partial charge is 0.508 e. The number of hydrogen-bond donors (Lipinski definition) is 1. The highest BCUT2D eigenvalue weighted by Crippen LogP contribution is 2.49. The molecule has 32 heavy (non-hydrogen) atoms. The third-order valence-corrected chi connectivity index (χ3v) is 7.47. The predicted molar refractivity (Wildman–Crippen MR) is 115 cm³/mol. The molecule has 1 fully saturated rings. The Hall–Kier alpha value is -3.20. The predicted octanol–water partition coefficient (Wildman–Crippen LogP) is 3.44. The van der Waals surface area contributed by atoms with Crippen LogP contribution in [-0.2, 0) is 19.1 Å². The molecule has 3 atom stereocenters. The van der Waals surface area contributed by atoms with Crippen LogP contribution in [0.25, 0.3) is 0 Å². The highest BCUT2D eigenvalue weighted by molar-refractivity contribution is 7.17. The van der Waals surface area contributed by atoms with Crippen LogP contribution in [-0.4, -0.2) is 41.0 Å². The summed E-state index contributed by atoms with van der Waals surface area (Å²) in [6.07, 6.45) is 3.11. The quantitative estimate of drug-likeness (QED) is 0.708. The van der Waals surface area contributed by atoms with Crippen molar-refractivity contribution in [2.75, 3.05) is 12.0 Å². The van der Waals surface area contributed by atoms with Crippen molar-refractivity contribution in [2.45, 2.75) is 44.8 Å². The maximum absolute atomic E-state index is 13.6. The second-order valence-electron chi connectivity index (χ2n) is 8.23. The second-order valence-corrected chi connectivity index (χ2v) is 9.20. The van der Waals surface area contributed by atoms with Crippen LogP contribution in [0.15, 0.2) is 35.6 Å². The fourth-order valence-electron chi connectivity index (χ4n) is 4.78. The molecule has 0 spiro atoms. The molecule has 1 saturated carbocycles. The van der Waals surface area contributed by atoms with Gasteiger partial charge in [-0.3, -0.25) is 14.5 Å². The molecule has 9 heteroatoms. The molecule has 2 aliphatic heterocycles. The van der Waals surface area contributed by atoms with Crippen molar-refractivity contribution < 1.29 is 29.0 Å². The van der Waals surface area contributed by atoms with Gasteiger partial charge in [-0.25, -0.2) is 9.78 Å². The number of nitrogens with zero attached hydrogens (tertiary/aromatic N) is 2. The molecular formula is C23H22N2O6S. The number of ether oxygens (including phenoxy) is 2. The van der Waals surface area contributed by atoms with Gasteiger partial charge in [-0.1, -0.05) is 29.9 Å². The lowest BCUT2D eigenvalue weighted by atomic mass is 9.77. The molecule has 0 bridgehead atoms. The Morgan fingerprint density at radius 2 is 1.94 bits per heavy atom. The van der Waals surface area contributed by atoms with E-state index in [1.54, 1.807) is 19.1 Å². The van der Waals surface area contributed by atoms with Crippen LogP contribution >= 0.6 is 11.3 Å². The second kappa shape index (κ2) is 7.74. The van der Waals surface area contributed by atoms with Crippen molar-refractivity contribution in [3.8, 4) is 5.75 Å². The van der Waals surface area contributed by atoms with E-state index in [2.05, 4.69) is 4.98 Å². The van der Waals surface area contributed by atoms with Gasteiger partial charge in [-0.2, -0.15) is 0 Å². The minimum atomic E-state index is -0.746. The normalized spacial score (nSPS) is 24.8. The van der Waals surface area contributed by atoms with E-state index in [9.17, 15) is 19.5 Å². The van der Waals surface area contributed by atoms with Gasteiger partial charge in [0, 0.05) is 0 Å². The minimum absolute atomic E-state index is 0.0636. The zero-order valence-electron chi connectivity index (χ0n) is 17.7. The number of ketones is 1. The van der Waals surface area contributed by atoms with Crippen LogP contribution in [0.5, 0.6) is 5.75 Å². The number of Topliss-reactive ketones (excluding diaryl/α,β-unsaturated/α-hetero) is 1. The Kier molecular flexibility index (Phi) is 5.00. The van der Waals surface area contributed by atoms with Gasteiger partial charge in [-0.05, 0) is 43.9 Å². The first-order chi connectivity index (χ1) is 15.4. The van der Waals surface area contributed by atoms with E-state index >= 15 is 0 Å². The van der Waals surface area contributed by atoms with Crippen molar-refractivity contribution >= 4 is 34.1 Å². The number of benzene rings is 1. The van der Waals surface area contributed by atoms with E-state index in [0.29, 0.717) is 26.8 Å². The zero-order valence-corrected chi connectivity index (χ0v) is 18.5. The molecule has 3 aliphatic rings.